The van der Waals surface area contributed by atoms with Crippen LogP contribution in [-0.2, 0) is 0 Å². The van der Waals surface area contributed by atoms with Crippen LogP contribution in [0.2, 0.25) is 0 Å². The molecule has 2 N–H and O–H groups in total. The van der Waals surface area contributed by atoms with Crippen molar-refractivity contribution in [1.82, 2.24) is 10.6 Å². The Morgan fingerprint density at radius 2 is 1.95 bits per heavy atom. The third-order valence-electron chi connectivity index (χ3n) is 4.51. The van der Waals surface area contributed by atoms with Gasteiger partial charge in [0.15, 0.2) is 5.96 Å². The van der Waals surface area contributed by atoms with Crippen LogP contribution in [0.3, 0.4) is 0 Å². The second-order valence-electron chi connectivity index (χ2n) is 6.48. The topological polar surface area (TPSA) is 39.7 Å². The van der Waals surface area contributed by atoms with E-state index >= 15 is 0 Å². The molecular formula is C18H28N4. The fourth-order valence-electron chi connectivity index (χ4n) is 2.98. The van der Waals surface area contributed by atoms with Crippen molar-refractivity contribution < 1.29 is 0 Å². The van der Waals surface area contributed by atoms with Crippen LogP contribution in [0.4, 0.5) is 5.69 Å². The van der Waals surface area contributed by atoms with Crippen LogP contribution in [0.5, 0.6) is 0 Å². The third-order valence-corrected chi connectivity index (χ3v) is 4.51. The van der Waals surface area contributed by atoms with Crippen LogP contribution >= 0.6 is 0 Å². The predicted octanol–water partition coefficient (Wildman–Crippen LogP) is 2.48. The first-order valence-corrected chi connectivity index (χ1v) is 8.67. The number of nitrogens with one attached hydrogen (secondary N) is 2. The Morgan fingerprint density at radius 1 is 1.14 bits per heavy atom. The molecule has 1 aliphatic heterocycles. The number of aliphatic imine (C=N–C) groups is 1. The molecule has 1 atom stereocenters. The quantitative estimate of drug-likeness (QED) is 0.626. The van der Waals surface area contributed by atoms with E-state index in [1.807, 2.05) is 0 Å². The molecule has 0 aromatic heterocycles. The number of guanidine groups is 1. The average Bonchev–Trinajstić information content (AvgIpc) is 3.27. The zero-order valence-corrected chi connectivity index (χ0v) is 13.6. The molecule has 0 bridgehead atoms. The molecule has 4 nitrogen and oxygen atoms in total. The van der Waals surface area contributed by atoms with E-state index in [-0.39, 0.29) is 0 Å². The average molecular weight is 300 g/mol. The number of anilines is 1. The number of hydrogen-bond donors (Lipinski definition) is 2. The second kappa shape index (κ2) is 7.52. The Bertz CT molecular complexity index is 481. The van der Waals surface area contributed by atoms with E-state index in [4.69, 9.17) is 4.99 Å². The first kappa shape index (κ1) is 15.2. The number of rotatable bonds is 6. The van der Waals surface area contributed by atoms with Crippen molar-refractivity contribution in [3.8, 4) is 0 Å². The highest BCUT2D eigenvalue weighted by molar-refractivity contribution is 5.79. The maximum Gasteiger partial charge on any atom is 0.191 e. The SMILES string of the molecule is CCNC(=NCC1CCN(c2ccccc2)C1)NCC1CC1. The molecule has 2 fully saturated rings. The molecule has 1 saturated heterocycles. The van der Waals surface area contributed by atoms with Gasteiger partial charge < -0.3 is 15.5 Å². The molecule has 1 aliphatic carbocycles. The van der Waals surface area contributed by atoms with Gasteiger partial charge in [-0.15, -0.1) is 0 Å². The number of benzene rings is 1. The Hall–Kier alpha value is -1.71. The van der Waals surface area contributed by atoms with Gasteiger partial charge in [0.1, 0.15) is 0 Å². The lowest BCUT2D eigenvalue weighted by Crippen LogP contribution is -2.38. The molecule has 1 aromatic rings. The Labute approximate surface area is 134 Å². The summed E-state index contributed by atoms with van der Waals surface area (Å²) in [4.78, 5) is 7.27. The van der Waals surface area contributed by atoms with E-state index in [1.54, 1.807) is 0 Å². The van der Waals surface area contributed by atoms with Gasteiger partial charge in [0.2, 0.25) is 0 Å². The molecule has 22 heavy (non-hydrogen) atoms. The number of para-hydroxylation sites is 1. The minimum Gasteiger partial charge on any atom is -0.371 e. The van der Waals surface area contributed by atoms with Crippen molar-refractivity contribution in [1.29, 1.82) is 0 Å². The number of hydrogen-bond acceptors (Lipinski definition) is 2. The van der Waals surface area contributed by atoms with E-state index < -0.39 is 0 Å². The lowest BCUT2D eigenvalue weighted by Gasteiger charge is -2.18. The van der Waals surface area contributed by atoms with E-state index in [9.17, 15) is 0 Å². The van der Waals surface area contributed by atoms with Gasteiger partial charge in [0.05, 0.1) is 0 Å². The third kappa shape index (κ3) is 4.39. The van der Waals surface area contributed by atoms with Crippen molar-refractivity contribution in [3.63, 3.8) is 0 Å². The van der Waals surface area contributed by atoms with Crippen LogP contribution in [0, 0.1) is 11.8 Å². The fourth-order valence-corrected chi connectivity index (χ4v) is 2.98. The molecule has 1 unspecified atom stereocenters. The van der Waals surface area contributed by atoms with Gasteiger partial charge in [-0.3, -0.25) is 4.99 Å². The molecular weight excluding hydrogens is 272 g/mol. The first-order chi connectivity index (χ1) is 10.8. The maximum atomic E-state index is 4.79. The van der Waals surface area contributed by atoms with Crippen LogP contribution in [-0.4, -0.2) is 38.7 Å². The van der Waals surface area contributed by atoms with E-state index in [0.29, 0.717) is 5.92 Å². The monoisotopic (exact) mass is 300 g/mol. The van der Waals surface area contributed by atoms with Gasteiger partial charge in [-0.25, -0.2) is 0 Å². The fraction of sp³-hybridized carbons (Fsp3) is 0.611. The van der Waals surface area contributed by atoms with Crippen molar-refractivity contribution in [2.24, 2.45) is 16.8 Å². The van der Waals surface area contributed by atoms with E-state index in [0.717, 1.165) is 44.6 Å². The largest absolute Gasteiger partial charge is 0.371 e. The number of nitrogens with zero attached hydrogens (tertiary/aromatic N) is 2. The van der Waals surface area contributed by atoms with E-state index in [1.165, 1.54) is 24.9 Å². The van der Waals surface area contributed by atoms with E-state index in [2.05, 4.69) is 52.8 Å². The molecule has 1 heterocycles. The summed E-state index contributed by atoms with van der Waals surface area (Å²) in [6.45, 7) is 7.32. The van der Waals surface area contributed by atoms with Crippen molar-refractivity contribution >= 4 is 11.6 Å². The predicted molar refractivity (Wildman–Crippen MR) is 93.5 cm³/mol. The smallest absolute Gasteiger partial charge is 0.191 e. The normalized spacial score (nSPS) is 22.0. The molecule has 2 aliphatic rings. The second-order valence-corrected chi connectivity index (χ2v) is 6.48. The lowest BCUT2D eigenvalue weighted by molar-refractivity contribution is 0.598. The Kier molecular flexibility index (Phi) is 5.20. The summed E-state index contributed by atoms with van der Waals surface area (Å²) in [6, 6.07) is 10.7. The molecule has 120 valence electrons. The zero-order valence-electron chi connectivity index (χ0n) is 13.6. The molecule has 0 amide bonds. The van der Waals surface area contributed by atoms with Crippen molar-refractivity contribution in [3.05, 3.63) is 30.3 Å². The highest BCUT2D eigenvalue weighted by Crippen LogP contribution is 2.27. The van der Waals surface area contributed by atoms with Crippen molar-refractivity contribution in [2.45, 2.75) is 26.2 Å². The van der Waals surface area contributed by atoms with Gasteiger partial charge in [-0.1, -0.05) is 18.2 Å². The van der Waals surface area contributed by atoms with Crippen LogP contribution < -0.4 is 15.5 Å². The minimum atomic E-state index is 0.664. The van der Waals surface area contributed by atoms with Crippen LogP contribution in [0.15, 0.2) is 35.3 Å². The summed E-state index contributed by atoms with van der Waals surface area (Å²) < 4.78 is 0. The highest BCUT2D eigenvalue weighted by atomic mass is 15.2. The van der Waals surface area contributed by atoms with Gasteiger partial charge in [-0.2, -0.15) is 0 Å². The maximum absolute atomic E-state index is 4.79. The minimum absolute atomic E-state index is 0.664. The zero-order chi connectivity index (χ0) is 15.2. The molecule has 0 radical (unpaired) electrons. The molecule has 0 spiro atoms. The summed E-state index contributed by atoms with van der Waals surface area (Å²) in [5, 5.41) is 6.83. The van der Waals surface area contributed by atoms with Gasteiger partial charge in [0, 0.05) is 38.4 Å². The van der Waals surface area contributed by atoms with Gasteiger partial charge in [-0.05, 0) is 50.2 Å². The van der Waals surface area contributed by atoms with Crippen LogP contribution in [0.1, 0.15) is 26.2 Å². The summed E-state index contributed by atoms with van der Waals surface area (Å²) in [7, 11) is 0. The molecule has 4 heteroatoms. The highest BCUT2D eigenvalue weighted by Gasteiger charge is 2.23. The molecule has 1 aromatic carbocycles. The first-order valence-electron chi connectivity index (χ1n) is 8.67. The molecule has 1 saturated carbocycles. The molecule has 3 rings (SSSR count). The Balaban J connectivity index is 1.48. The Morgan fingerprint density at radius 3 is 2.68 bits per heavy atom. The summed E-state index contributed by atoms with van der Waals surface area (Å²) in [6.07, 6.45) is 3.99. The standard InChI is InChI=1S/C18H28N4/c1-2-19-18(20-12-15-8-9-15)21-13-16-10-11-22(14-16)17-6-4-3-5-7-17/h3-7,15-16H,2,8-14H2,1H3,(H2,19,20,21). The van der Waals surface area contributed by atoms with Crippen molar-refractivity contribution in [2.75, 3.05) is 37.6 Å². The van der Waals surface area contributed by atoms with Crippen LogP contribution in [0.25, 0.3) is 0 Å². The van der Waals surface area contributed by atoms with Gasteiger partial charge >= 0.3 is 0 Å². The summed E-state index contributed by atoms with van der Waals surface area (Å²) in [5.74, 6) is 2.54. The van der Waals surface area contributed by atoms with Gasteiger partial charge in [0.25, 0.3) is 0 Å². The summed E-state index contributed by atoms with van der Waals surface area (Å²) in [5.41, 5.74) is 1.34. The lowest BCUT2D eigenvalue weighted by atomic mass is 10.1. The summed E-state index contributed by atoms with van der Waals surface area (Å²) >= 11 is 0.